The molecule has 1 aromatic heterocycles. The van der Waals surface area contributed by atoms with Gasteiger partial charge in [0.25, 0.3) is 0 Å². The summed E-state index contributed by atoms with van der Waals surface area (Å²) in [5.41, 5.74) is 2.94. The highest BCUT2D eigenvalue weighted by molar-refractivity contribution is 6.42. The van der Waals surface area contributed by atoms with Crippen molar-refractivity contribution in [1.82, 2.24) is 10.3 Å². The van der Waals surface area contributed by atoms with Gasteiger partial charge in [-0.25, -0.2) is 0 Å². The van der Waals surface area contributed by atoms with Crippen LogP contribution in [0, 0.1) is 0 Å². The molecule has 0 unspecified atom stereocenters. The Morgan fingerprint density at radius 1 is 0.862 bits per heavy atom. The van der Waals surface area contributed by atoms with E-state index < -0.39 is 0 Å². The number of halogens is 3. The van der Waals surface area contributed by atoms with E-state index >= 15 is 0 Å². The Balaban J connectivity index is 1.68. The third kappa shape index (κ3) is 6.25. The summed E-state index contributed by atoms with van der Waals surface area (Å²) >= 11 is 18.5. The average Bonchev–Trinajstić information content (AvgIpc) is 2.72. The SMILES string of the molecule is CCOc1cc(CNCc2cccnc2)c(Cl)cc1OCc1ccc(Cl)c(Cl)c1. The minimum atomic E-state index is 0.325. The molecule has 0 aliphatic heterocycles. The molecule has 152 valence electrons. The molecule has 0 atom stereocenters. The predicted octanol–water partition coefficient (Wildman–Crippen LogP) is 6.31. The molecule has 2 aromatic carbocycles. The number of ether oxygens (including phenoxy) is 2. The summed E-state index contributed by atoms with van der Waals surface area (Å²) in [6.45, 7) is 4.07. The van der Waals surface area contributed by atoms with Gasteiger partial charge in [0, 0.05) is 36.6 Å². The van der Waals surface area contributed by atoms with E-state index in [4.69, 9.17) is 44.3 Å². The van der Waals surface area contributed by atoms with Crippen molar-refractivity contribution in [2.24, 2.45) is 0 Å². The highest BCUT2D eigenvalue weighted by Crippen LogP contribution is 2.34. The molecule has 0 radical (unpaired) electrons. The van der Waals surface area contributed by atoms with Crippen LogP contribution >= 0.6 is 34.8 Å². The van der Waals surface area contributed by atoms with E-state index in [1.54, 1.807) is 24.4 Å². The summed E-state index contributed by atoms with van der Waals surface area (Å²) in [6, 6.07) is 13.0. The van der Waals surface area contributed by atoms with E-state index in [2.05, 4.69) is 10.3 Å². The molecule has 0 spiro atoms. The average molecular weight is 452 g/mol. The van der Waals surface area contributed by atoms with Crippen LogP contribution in [0.5, 0.6) is 11.5 Å². The van der Waals surface area contributed by atoms with Crippen molar-refractivity contribution >= 4 is 34.8 Å². The second-order valence-corrected chi connectivity index (χ2v) is 7.55. The van der Waals surface area contributed by atoms with Crippen LogP contribution in [0.3, 0.4) is 0 Å². The molecular weight excluding hydrogens is 431 g/mol. The first kappa shape index (κ1) is 21.7. The zero-order chi connectivity index (χ0) is 20.6. The molecule has 0 fully saturated rings. The molecule has 0 aliphatic rings. The molecule has 0 saturated heterocycles. The van der Waals surface area contributed by atoms with Crippen molar-refractivity contribution in [3.63, 3.8) is 0 Å². The zero-order valence-electron chi connectivity index (χ0n) is 15.9. The largest absolute Gasteiger partial charge is 0.490 e. The first-order chi connectivity index (χ1) is 14.1. The van der Waals surface area contributed by atoms with Crippen molar-refractivity contribution < 1.29 is 9.47 Å². The fourth-order valence-corrected chi connectivity index (χ4v) is 3.27. The van der Waals surface area contributed by atoms with Gasteiger partial charge >= 0.3 is 0 Å². The molecular formula is C22H21Cl3N2O2. The second-order valence-electron chi connectivity index (χ2n) is 6.33. The smallest absolute Gasteiger partial charge is 0.163 e. The number of rotatable bonds is 9. The lowest BCUT2D eigenvalue weighted by atomic mass is 10.2. The van der Waals surface area contributed by atoms with Gasteiger partial charge in [0.05, 0.1) is 16.7 Å². The monoisotopic (exact) mass is 450 g/mol. The van der Waals surface area contributed by atoms with Crippen molar-refractivity contribution in [2.45, 2.75) is 26.6 Å². The summed E-state index contributed by atoms with van der Waals surface area (Å²) < 4.78 is 11.7. The van der Waals surface area contributed by atoms with Gasteiger partial charge < -0.3 is 14.8 Å². The predicted molar refractivity (Wildman–Crippen MR) is 118 cm³/mol. The Kier molecular flexibility index (Phi) is 8.01. The highest BCUT2D eigenvalue weighted by atomic mass is 35.5. The van der Waals surface area contributed by atoms with Crippen molar-refractivity contribution in [3.8, 4) is 11.5 Å². The van der Waals surface area contributed by atoms with Crippen molar-refractivity contribution in [3.05, 3.63) is 86.6 Å². The standard InChI is InChI=1S/C22H21Cl3N2O2/c1-2-28-21-9-17(13-27-12-16-4-3-7-26-11-16)19(24)10-22(21)29-14-15-5-6-18(23)20(25)8-15/h3-11,27H,2,12-14H2,1H3. The molecule has 0 aliphatic carbocycles. The maximum atomic E-state index is 6.48. The number of aromatic nitrogens is 1. The summed E-state index contributed by atoms with van der Waals surface area (Å²) in [5.74, 6) is 1.23. The van der Waals surface area contributed by atoms with E-state index in [0.29, 0.717) is 52.9 Å². The normalized spacial score (nSPS) is 10.8. The molecule has 3 rings (SSSR count). The van der Waals surface area contributed by atoms with E-state index in [0.717, 1.165) is 16.7 Å². The number of nitrogens with one attached hydrogen (secondary N) is 1. The minimum absolute atomic E-state index is 0.325. The van der Waals surface area contributed by atoms with Crippen LogP contribution in [0.25, 0.3) is 0 Å². The van der Waals surface area contributed by atoms with Gasteiger partial charge in [0.15, 0.2) is 11.5 Å². The maximum absolute atomic E-state index is 6.48. The Morgan fingerprint density at radius 3 is 2.41 bits per heavy atom. The number of hydrogen-bond donors (Lipinski definition) is 1. The number of pyridine rings is 1. The van der Waals surface area contributed by atoms with Gasteiger partial charge in [-0.15, -0.1) is 0 Å². The van der Waals surface area contributed by atoms with Crippen molar-refractivity contribution in [1.29, 1.82) is 0 Å². The molecule has 7 heteroatoms. The van der Waals surface area contributed by atoms with Crippen LogP contribution in [-0.2, 0) is 19.7 Å². The number of hydrogen-bond acceptors (Lipinski definition) is 4. The summed E-state index contributed by atoms with van der Waals surface area (Å²) in [7, 11) is 0. The molecule has 0 bridgehead atoms. The lowest BCUT2D eigenvalue weighted by molar-refractivity contribution is 0.269. The molecule has 0 saturated carbocycles. The van der Waals surface area contributed by atoms with Gasteiger partial charge in [-0.1, -0.05) is 46.9 Å². The first-order valence-corrected chi connectivity index (χ1v) is 10.3. The molecule has 1 heterocycles. The van der Waals surface area contributed by atoms with Crippen LogP contribution in [0.2, 0.25) is 15.1 Å². The topological polar surface area (TPSA) is 43.4 Å². The number of nitrogens with zero attached hydrogens (tertiary/aromatic N) is 1. The quantitative estimate of drug-likeness (QED) is 0.414. The molecule has 0 amide bonds. The van der Waals surface area contributed by atoms with E-state index in [1.165, 1.54) is 0 Å². The van der Waals surface area contributed by atoms with E-state index in [9.17, 15) is 0 Å². The Hall–Kier alpha value is -1.98. The third-order valence-corrected chi connectivity index (χ3v) is 5.25. The Labute approximate surface area is 185 Å². The zero-order valence-corrected chi connectivity index (χ0v) is 18.2. The van der Waals surface area contributed by atoms with E-state index in [-0.39, 0.29) is 0 Å². The molecule has 29 heavy (non-hydrogen) atoms. The Bertz CT molecular complexity index is 952. The lowest BCUT2D eigenvalue weighted by Gasteiger charge is -2.15. The van der Waals surface area contributed by atoms with Gasteiger partial charge in [0.2, 0.25) is 0 Å². The van der Waals surface area contributed by atoms with Gasteiger partial charge in [0.1, 0.15) is 6.61 Å². The van der Waals surface area contributed by atoms with Crippen molar-refractivity contribution in [2.75, 3.05) is 6.61 Å². The maximum Gasteiger partial charge on any atom is 0.163 e. The minimum Gasteiger partial charge on any atom is -0.490 e. The highest BCUT2D eigenvalue weighted by Gasteiger charge is 2.12. The fraction of sp³-hybridized carbons (Fsp3) is 0.227. The van der Waals surface area contributed by atoms with Gasteiger partial charge in [-0.3, -0.25) is 4.98 Å². The molecule has 3 aromatic rings. The first-order valence-electron chi connectivity index (χ1n) is 9.18. The van der Waals surface area contributed by atoms with Crippen LogP contribution in [-0.4, -0.2) is 11.6 Å². The third-order valence-electron chi connectivity index (χ3n) is 4.16. The Morgan fingerprint density at radius 2 is 1.69 bits per heavy atom. The summed E-state index contributed by atoms with van der Waals surface area (Å²) in [5, 5.41) is 4.98. The fourth-order valence-electron chi connectivity index (χ4n) is 2.73. The molecule has 4 nitrogen and oxygen atoms in total. The lowest BCUT2D eigenvalue weighted by Crippen LogP contribution is -2.13. The van der Waals surface area contributed by atoms with Crippen LogP contribution < -0.4 is 14.8 Å². The van der Waals surface area contributed by atoms with Gasteiger partial charge in [-0.2, -0.15) is 0 Å². The van der Waals surface area contributed by atoms with Crippen LogP contribution in [0.4, 0.5) is 0 Å². The summed E-state index contributed by atoms with van der Waals surface area (Å²) in [4.78, 5) is 4.12. The summed E-state index contributed by atoms with van der Waals surface area (Å²) in [6.07, 6.45) is 3.59. The number of benzene rings is 2. The van der Waals surface area contributed by atoms with Gasteiger partial charge in [-0.05, 0) is 47.9 Å². The molecule has 1 N–H and O–H groups in total. The second kappa shape index (κ2) is 10.7. The van der Waals surface area contributed by atoms with Crippen LogP contribution in [0.1, 0.15) is 23.6 Å². The van der Waals surface area contributed by atoms with E-state index in [1.807, 2.05) is 37.4 Å². The van der Waals surface area contributed by atoms with Crippen LogP contribution in [0.15, 0.2) is 54.9 Å².